The third kappa shape index (κ3) is 2.58. The van der Waals surface area contributed by atoms with Crippen molar-refractivity contribution in [2.24, 2.45) is 17.3 Å². The first-order valence-electron chi connectivity index (χ1n) is 7.42. The maximum absolute atomic E-state index is 12.3. The molecule has 4 atom stereocenters. The molecular formula is C15H23NO4. The summed E-state index contributed by atoms with van der Waals surface area (Å²) in [6.45, 7) is 4.15. The van der Waals surface area contributed by atoms with Crippen LogP contribution in [0.4, 0.5) is 0 Å². The number of fused-ring (bicyclic) bond motifs is 1. The van der Waals surface area contributed by atoms with Crippen LogP contribution in [0.25, 0.3) is 0 Å². The molecule has 1 amide bonds. The Kier molecular flexibility index (Phi) is 4.45. The Labute approximate surface area is 119 Å². The predicted octanol–water partition coefficient (Wildman–Crippen LogP) is 1.45. The lowest BCUT2D eigenvalue weighted by atomic mass is 9.66. The molecule has 5 heteroatoms. The number of nitrogens with one attached hydrogen (secondary N) is 1. The minimum atomic E-state index is -0.693. The average molecular weight is 281 g/mol. The van der Waals surface area contributed by atoms with Crippen molar-refractivity contribution in [3.63, 3.8) is 0 Å². The fourth-order valence-electron chi connectivity index (χ4n) is 4.10. The molecule has 20 heavy (non-hydrogen) atoms. The second-order valence-corrected chi connectivity index (χ2v) is 6.17. The lowest BCUT2D eigenvalue weighted by Crippen LogP contribution is -2.49. The van der Waals surface area contributed by atoms with Crippen molar-refractivity contribution >= 4 is 18.2 Å². The van der Waals surface area contributed by atoms with Crippen LogP contribution < -0.4 is 5.32 Å². The van der Waals surface area contributed by atoms with Gasteiger partial charge in [-0.3, -0.25) is 9.59 Å². The van der Waals surface area contributed by atoms with Crippen molar-refractivity contribution in [1.29, 1.82) is 0 Å². The Hall–Kier alpha value is -1.39. The smallest absolute Gasteiger partial charge is 0.328 e. The first-order chi connectivity index (χ1) is 9.53. The molecule has 0 aromatic heterocycles. The Morgan fingerprint density at radius 1 is 1.55 bits per heavy atom. The molecule has 0 spiro atoms. The van der Waals surface area contributed by atoms with E-state index in [2.05, 4.69) is 12.2 Å². The highest BCUT2D eigenvalue weighted by molar-refractivity contribution is 5.86. The Bertz CT molecular complexity index is 409. The topological polar surface area (TPSA) is 72.5 Å². The molecule has 0 bridgehead atoms. The molecule has 112 valence electrons. The van der Waals surface area contributed by atoms with Crippen LogP contribution in [0.1, 0.15) is 46.0 Å². The molecule has 2 aliphatic rings. The summed E-state index contributed by atoms with van der Waals surface area (Å²) in [4.78, 5) is 35.2. The Balaban J connectivity index is 2.22. The van der Waals surface area contributed by atoms with Gasteiger partial charge in [0.05, 0.1) is 6.61 Å². The van der Waals surface area contributed by atoms with E-state index in [1.807, 2.05) is 0 Å². The van der Waals surface area contributed by atoms with Gasteiger partial charge in [0.1, 0.15) is 11.8 Å². The van der Waals surface area contributed by atoms with Gasteiger partial charge >= 0.3 is 5.97 Å². The van der Waals surface area contributed by atoms with Gasteiger partial charge in [-0.1, -0.05) is 6.92 Å². The molecular weight excluding hydrogens is 258 g/mol. The van der Waals surface area contributed by atoms with Gasteiger partial charge in [-0.2, -0.15) is 0 Å². The second-order valence-electron chi connectivity index (χ2n) is 6.17. The molecule has 2 rings (SSSR count). The number of rotatable bonds is 5. The molecule has 0 aromatic rings. The van der Waals surface area contributed by atoms with Crippen LogP contribution in [-0.4, -0.2) is 30.8 Å². The molecule has 0 unspecified atom stereocenters. The highest BCUT2D eigenvalue weighted by Crippen LogP contribution is 2.54. The molecule has 2 fully saturated rings. The number of hydrogen-bond donors (Lipinski definition) is 1. The molecule has 0 saturated heterocycles. The van der Waals surface area contributed by atoms with Gasteiger partial charge in [-0.25, -0.2) is 4.79 Å². The van der Waals surface area contributed by atoms with E-state index in [0.29, 0.717) is 12.8 Å². The fraction of sp³-hybridized carbons (Fsp3) is 0.800. The summed E-state index contributed by atoms with van der Waals surface area (Å²) in [5, 5.41) is 2.57. The summed E-state index contributed by atoms with van der Waals surface area (Å²) in [7, 11) is 0. The number of carbonyl (C=O) groups excluding carboxylic acids is 3. The Morgan fingerprint density at radius 3 is 2.95 bits per heavy atom. The molecule has 0 heterocycles. The van der Waals surface area contributed by atoms with E-state index in [1.165, 1.54) is 0 Å². The van der Waals surface area contributed by atoms with Gasteiger partial charge in [-0.15, -0.1) is 0 Å². The van der Waals surface area contributed by atoms with E-state index >= 15 is 0 Å². The Morgan fingerprint density at radius 2 is 2.30 bits per heavy atom. The third-order valence-corrected chi connectivity index (χ3v) is 4.96. The van der Waals surface area contributed by atoms with Crippen LogP contribution in [0.3, 0.4) is 0 Å². The summed E-state index contributed by atoms with van der Waals surface area (Å²) >= 11 is 0. The maximum atomic E-state index is 12.3. The van der Waals surface area contributed by atoms with Crippen LogP contribution in [-0.2, 0) is 19.1 Å². The summed E-state index contributed by atoms with van der Waals surface area (Å²) in [5.41, 5.74) is -0.0185. The highest BCUT2D eigenvalue weighted by atomic mass is 16.5. The van der Waals surface area contributed by atoms with Gasteiger partial charge in [0.15, 0.2) is 0 Å². The van der Waals surface area contributed by atoms with Crippen molar-refractivity contribution < 1.29 is 19.1 Å². The number of ether oxygens (including phenoxy) is 1. The first kappa shape index (κ1) is 15.0. The van der Waals surface area contributed by atoms with E-state index in [1.54, 1.807) is 6.92 Å². The standard InChI is InChI=1S/C15H23NO4/c1-3-20-14(19)13(16-9-17)10-6-8-15(2)7-4-5-11(18)12(10)15/h9-10,12-13H,3-8H2,1-2H3,(H,16,17)/t10-,12-,13-,15-/m0/s1. The highest BCUT2D eigenvalue weighted by Gasteiger charge is 2.53. The third-order valence-electron chi connectivity index (χ3n) is 4.96. The van der Waals surface area contributed by atoms with Gasteiger partial charge in [0.2, 0.25) is 6.41 Å². The predicted molar refractivity (Wildman–Crippen MR) is 72.8 cm³/mol. The van der Waals surface area contributed by atoms with Crippen molar-refractivity contribution in [2.75, 3.05) is 6.61 Å². The van der Waals surface area contributed by atoms with Crippen LogP contribution in [0, 0.1) is 17.3 Å². The lowest BCUT2D eigenvalue weighted by molar-refractivity contribution is -0.149. The average Bonchev–Trinajstić information content (AvgIpc) is 2.75. The minimum Gasteiger partial charge on any atom is -0.464 e. The zero-order valence-corrected chi connectivity index (χ0v) is 12.2. The van der Waals surface area contributed by atoms with Crippen LogP contribution >= 0.6 is 0 Å². The van der Waals surface area contributed by atoms with Crippen LogP contribution in [0.2, 0.25) is 0 Å². The second kappa shape index (κ2) is 5.94. The largest absolute Gasteiger partial charge is 0.464 e. The zero-order chi connectivity index (χ0) is 14.8. The molecule has 5 nitrogen and oxygen atoms in total. The minimum absolute atomic E-state index is 0.0185. The van der Waals surface area contributed by atoms with E-state index in [9.17, 15) is 14.4 Å². The normalized spacial score (nSPS) is 34.2. The molecule has 0 aliphatic heterocycles. The molecule has 2 aliphatic carbocycles. The zero-order valence-electron chi connectivity index (χ0n) is 12.2. The summed E-state index contributed by atoms with van der Waals surface area (Å²) in [5.74, 6) is -0.439. The van der Waals surface area contributed by atoms with Gasteiger partial charge in [0, 0.05) is 18.3 Å². The van der Waals surface area contributed by atoms with Crippen molar-refractivity contribution in [3.05, 3.63) is 0 Å². The molecule has 0 aromatic carbocycles. The van der Waals surface area contributed by atoms with E-state index in [4.69, 9.17) is 4.74 Å². The summed E-state index contributed by atoms with van der Waals surface area (Å²) in [6, 6.07) is -0.693. The number of Topliss-reactive ketones (excluding diaryl/α,β-unsaturated/α-hetero) is 1. The fourth-order valence-corrected chi connectivity index (χ4v) is 4.10. The number of carbonyl (C=O) groups is 3. The van der Waals surface area contributed by atoms with E-state index in [0.717, 1.165) is 25.7 Å². The number of amides is 1. The van der Waals surface area contributed by atoms with Gasteiger partial charge in [-0.05, 0) is 38.0 Å². The number of esters is 1. The van der Waals surface area contributed by atoms with Crippen LogP contribution in [0.5, 0.6) is 0 Å². The first-order valence-corrected chi connectivity index (χ1v) is 7.42. The quantitative estimate of drug-likeness (QED) is 0.611. The van der Waals surface area contributed by atoms with Crippen LogP contribution in [0.15, 0.2) is 0 Å². The summed E-state index contributed by atoms with van der Waals surface area (Å²) < 4.78 is 5.05. The number of ketones is 1. The van der Waals surface area contributed by atoms with Crippen molar-refractivity contribution in [1.82, 2.24) is 5.32 Å². The summed E-state index contributed by atoms with van der Waals surface area (Å²) in [6.07, 6.45) is 4.81. The molecule has 2 saturated carbocycles. The SMILES string of the molecule is CCOC(=O)[C@@H](NC=O)[C@H]1CC[C@]2(C)CCCC(=O)[C@H]12. The van der Waals surface area contributed by atoms with E-state index < -0.39 is 12.0 Å². The van der Waals surface area contributed by atoms with E-state index in [-0.39, 0.29) is 29.6 Å². The van der Waals surface area contributed by atoms with Crippen molar-refractivity contribution in [3.8, 4) is 0 Å². The van der Waals surface area contributed by atoms with Gasteiger partial charge in [0.25, 0.3) is 0 Å². The monoisotopic (exact) mass is 281 g/mol. The molecule has 1 N–H and O–H groups in total. The number of hydrogen-bond acceptors (Lipinski definition) is 4. The lowest BCUT2D eigenvalue weighted by Gasteiger charge is -2.38. The van der Waals surface area contributed by atoms with Gasteiger partial charge < -0.3 is 10.1 Å². The molecule has 0 radical (unpaired) electrons. The maximum Gasteiger partial charge on any atom is 0.328 e. The van der Waals surface area contributed by atoms with Crippen molar-refractivity contribution in [2.45, 2.75) is 52.0 Å².